The Kier molecular flexibility index (Phi) is 4.48. The van der Waals surface area contributed by atoms with Gasteiger partial charge in [0.25, 0.3) is 5.89 Å². The molecule has 0 spiro atoms. The molecule has 0 aliphatic rings. The van der Waals surface area contributed by atoms with E-state index in [1.54, 1.807) is 22.7 Å². The van der Waals surface area contributed by atoms with Crippen LogP contribution in [-0.4, -0.2) is 28.2 Å². The Labute approximate surface area is 132 Å². The second kappa shape index (κ2) is 6.51. The SMILES string of the molecule is C[C@H](Cc1ccsc1)N(C)Cc1nnc(-c2cccs2)o1. The van der Waals surface area contributed by atoms with Crippen LogP contribution in [0.25, 0.3) is 10.8 Å². The van der Waals surface area contributed by atoms with Gasteiger partial charge < -0.3 is 4.42 Å². The van der Waals surface area contributed by atoms with Gasteiger partial charge >= 0.3 is 0 Å². The summed E-state index contributed by atoms with van der Waals surface area (Å²) in [6.07, 6.45) is 1.03. The topological polar surface area (TPSA) is 42.2 Å². The fourth-order valence-electron chi connectivity index (χ4n) is 2.09. The Hall–Kier alpha value is -1.50. The molecule has 0 fully saturated rings. The lowest BCUT2D eigenvalue weighted by molar-refractivity contribution is 0.225. The molecule has 0 aliphatic carbocycles. The molecule has 0 aromatic carbocycles. The largest absolute Gasteiger partial charge is 0.419 e. The minimum Gasteiger partial charge on any atom is -0.419 e. The van der Waals surface area contributed by atoms with Crippen LogP contribution in [0.1, 0.15) is 18.4 Å². The molecule has 0 bridgehead atoms. The Morgan fingerprint density at radius 2 is 2.19 bits per heavy atom. The van der Waals surface area contributed by atoms with E-state index in [1.165, 1.54) is 5.56 Å². The maximum atomic E-state index is 5.73. The number of rotatable bonds is 6. The van der Waals surface area contributed by atoms with Gasteiger partial charge in [-0.3, -0.25) is 4.90 Å². The van der Waals surface area contributed by atoms with Gasteiger partial charge in [0, 0.05) is 6.04 Å². The van der Waals surface area contributed by atoms with Gasteiger partial charge in [-0.1, -0.05) is 6.07 Å². The van der Waals surface area contributed by atoms with Crippen molar-refractivity contribution < 1.29 is 4.42 Å². The molecule has 3 aromatic rings. The molecular weight excluding hydrogens is 302 g/mol. The van der Waals surface area contributed by atoms with E-state index in [0.717, 1.165) is 11.3 Å². The van der Waals surface area contributed by atoms with Crippen molar-refractivity contribution in [2.24, 2.45) is 0 Å². The van der Waals surface area contributed by atoms with Crippen LogP contribution >= 0.6 is 22.7 Å². The Balaban J connectivity index is 1.60. The maximum Gasteiger partial charge on any atom is 0.257 e. The Morgan fingerprint density at radius 3 is 2.90 bits per heavy atom. The first-order chi connectivity index (χ1) is 10.2. The first-order valence-corrected chi connectivity index (χ1v) is 8.62. The normalized spacial score (nSPS) is 12.9. The minimum atomic E-state index is 0.427. The first kappa shape index (κ1) is 14.4. The van der Waals surface area contributed by atoms with E-state index in [1.807, 2.05) is 17.5 Å². The summed E-state index contributed by atoms with van der Waals surface area (Å²) in [4.78, 5) is 3.26. The number of nitrogens with zero attached hydrogens (tertiary/aromatic N) is 3. The lowest BCUT2D eigenvalue weighted by Crippen LogP contribution is -2.30. The smallest absolute Gasteiger partial charge is 0.257 e. The quantitative estimate of drug-likeness (QED) is 0.690. The van der Waals surface area contributed by atoms with Crippen LogP contribution in [0.4, 0.5) is 0 Å². The summed E-state index contributed by atoms with van der Waals surface area (Å²) in [7, 11) is 2.09. The van der Waals surface area contributed by atoms with E-state index < -0.39 is 0 Å². The summed E-state index contributed by atoms with van der Waals surface area (Å²) in [6.45, 7) is 2.89. The monoisotopic (exact) mass is 319 g/mol. The van der Waals surface area contributed by atoms with Crippen LogP contribution in [0.5, 0.6) is 0 Å². The maximum absolute atomic E-state index is 5.73. The molecule has 21 heavy (non-hydrogen) atoms. The molecule has 110 valence electrons. The second-order valence-corrected chi connectivity index (χ2v) is 6.81. The van der Waals surface area contributed by atoms with E-state index in [4.69, 9.17) is 4.42 Å². The number of hydrogen-bond acceptors (Lipinski definition) is 6. The fourth-order valence-corrected chi connectivity index (χ4v) is 3.42. The highest BCUT2D eigenvalue weighted by Gasteiger charge is 2.15. The standard InChI is InChI=1S/C15H17N3OS2/c1-11(8-12-5-7-20-10-12)18(2)9-14-16-17-15(19-14)13-4-3-6-21-13/h3-7,10-11H,8-9H2,1-2H3/t11-/m1/s1. The van der Waals surface area contributed by atoms with Crippen molar-refractivity contribution in [2.45, 2.75) is 25.9 Å². The van der Waals surface area contributed by atoms with Crippen LogP contribution < -0.4 is 0 Å². The van der Waals surface area contributed by atoms with E-state index in [0.29, 0.717) is 24.4 Å². The highest BCUT2D eigenvalue weighted by molar-refractivity contribution is 7.13. The summed E-state index contributed by atoms with van der Waals surface area (Å²) < 4.78 is 5.73. The molecule has 1 atom stereocenters. The van der Waals surface area contributed by atoms with Crippen LogP contribution in [0.2, 0.25) is 0 Å². The highest BCUT2D eigenvalue weighted by atomic mass is 32.1. The van der Waals surface area contributed by atoms with Crippen molar-refractivity contribution >= 4 is 22.7 Å². The van der Waals surface area contributed by atoms with Gasteiger partial charge in [-0.15, -0.1) is 21.5 Å². The predicted molar refractivity (Wildman–Crippen MR) is 86.6 cm³/mol. The number of likely N-dealkylation sites (N-methyl/N-ethyl adjacent to an activating group) is 1. The van der Waals surface area contributed by atoms with E-state index in [9.17, 15) is 0 Å². The van der Waals surface area contributed by atoms with Gasteiger partial charge in [0.1, 0.15) is 0 Å². The average Bonchev–Trinajstić information content (AvgIpc) is 3.20. The molecule has 0 unspecified atom stereocenters. The Bertz CT molecular complexity index is 661. The van der Waals surface area contributed by atoms with Crippen LogP contribution in [-0.2, 0) is 13.0 Å². The molecule has 0 amide bonds. The summed E-state index contributed by atoms with van der Waals surface area (Å²) in [6, 6.07) is 6.58. The van der Waals surface area contributed by atoms with Crippen molar-refractivity contribution in [2.75, 3.05) is 7.05 Å². The third-order valence-electron chi connectivity index (χ3n) is 3.45. The van der Waals surface area contributed by atoms with Crippen molar-refractivity contribution in [3.63, 3.8) is 0 Å². The van der Waals surface area contributed by atoms with E-state index in [2.05, 4.69) is 45.9 Å². The van der Waals surface area contributed by atoms with Crippen molar-refractivity contribution in [3.8, 4) is 10.8 Å². The number of hydrogen-bond donors (Lipinski definition) is 0. The fraction of sp³-hybridized carbons (Fsp3) is 0.333. The van der Waals surface area contributed by atoms with Gasteiger partial charge in [-0.05, 0) is 54.2 Å². The summed E-state index contributed by atoms with van der Waals surface area (Å²) in [5, 5.41) is 14.6. The van der Waals surface area contributed by atoms with Crippen molar-refractivity contribution in [1.29, 1.82) is 0 Å². The zero-order valence-corrected chi connectivity index (χ0v) is 13.7. The lowest BCUT2D eigenvalue weighted by atomic mass is 10.1. The molecule has 3 rings (SSSR count). The lowest BCUT2D eigenvalue weighted by Gasteiger charge is -2.22. The van der Waals surface area contributed by atoms with Crippen LogP contribution in [0, 0.1) is 0 Å². The number of aromatic nitrogens is 2. The third-order valence-corrected chi connectivity index (χ3v) is 5.04. The van der Waals surface area contributed by atoms with Crippen molar-refractivity contribution in [1.82, 2.24) is 15.1 Å². The van der Waals surface area contributed by atoms with Gasteiger partial charge in [0.2, 0.25) is 5.89 Å². The Morgan fingerprint density at radius 1 is 1.29 bits per heavy atom. The summed E-state index contributed by atoms with van der Waals surface area (Å²) >= 11 is 3.35. The molecule has 6 heteroatoms. The zero-order chi connectivity index (χ0) is 14.7. The third kappa shape index (κ3) is 3.58. The molecule has 0 N–H and O–H groups in total. The summed E-state index contributed by atoms with van der Waals surface area (Å²) in [5.41, 5.74) is 1.38. The van der Waals surface area contributed by atoms with Crippen molar-refractivity contribution in [3.05, 3.63) is 45.8 Å². The predicted octanol–water partition coefficient (Wildman–Crippen LogP) is 3.92. The molecular formula is C15H17N3OS2. The molecule has 0 radical (unpaired) electrons. The van der Waals surface area contributed by atoms with Crippen LogP contribution in [0.3, 0.4) is 0 Å². The highest BCUT2D eigenvalue weighted by Crippen LogP contribution is 2.23. The van der Waals surface area contributed by atoms with E-state index in [-0.39, 0.29) is 0 Å². The first-order valence-electron chi connectivity index (χ1n) is 6.80. The van der Waals surface area contributed by atoms with Gasteiger partial charge in [0.05, 0.1) is 11.4 Å². The van der Waals surface area contributed by atoms with Gasteiger partial charge in [-0.25, -0.2) is 0 Å². The molecule has 0 aliphatic heterocycles. The molecule has 0 saturated heterocycles. The van der Waals surface area contributed by atoms with Gasteiger partial charge in [0.15, 0.2) is 0 Å². The zero-order valence-electron chi connectivity index (χ0n) is 12.0. The average molecular weight is 319 g/mol. The molecule has 4 nitrogen and oxygen atoms in total. The molecule has 0 saturated carbocycles. The minimum absolute atomic E-state index is 0.427. The molecule has 3 aromatic heterocycles. The van der Waals surface area contributed by atoms with Gasteiger partial charge in [-0.2, -0.15) is 11.3 Å². The van der Waals surface area contributed by atoms with E-state index >= 15 is 0 Å². The number of thiophene rings is 2. The van der Waals surface area contributed by atoms with Crippen LogP contribution in [0.15, 0.2) is 38.8 Å². The summed E-state index contributed by atoms with van der Waals surface area (Å²) in [5.74, 6) is 1.27. The molecule has 3 heterocycles. The second-order valence-electron chi connectivity index (χ2n) is 5.08.